The largest absolute Gasteiger partial charge is 0.327 e. The molecule has 0 saturated heterocycles. The number of Topliss-reactive ketones (excluding diaryl/α,β-unsaturated/α-hetero) is 1. The molecule has 1 aromatic rings. The Balaban J connectivity index is 1.98. The Labute approximate surface area is 115 Å². The van der Waals surface area contributed by atoms with Gasteiger partial charge < -0.3 is 5.73 Å². The van der Waals surface area contributed by atoms with E-state index in [4.69, 9.17) is 5.73 Å². The Morgan fingerprint density at radius 3 is 2.79 bits per heavy atom. The lowest BCUT2D eigenvalue weighted by molar-refractivity contribution is -0.122. The van der Waals surface area contributed by atoms with E-state index in [1.54, 1.807) is 0 Å². The summed E-state index contributed by atoms with van der Waals surface area (Å²) in [6.07, 6.45) is 7.59. The van der Waals surface area contributed by atoms with E-state index < -0.39 is 0 Å². The first-order valence-electron chi connectivity index (χ1n) is 7.48. The molecule has 4 nitrogen and oxygen atoms in total. The topological polar surface area (TPSA) is 60.9 Å². The van der Waals surface area contributed by atoms with Crippen LogP contribution >= 0.6 is 0 Å². The van der Waals surface area contributed by atoms with Gasteiger partial charge in [-0.25, -0.2) is 0 Å². The summed E-state index contributed by atoms with van der Waals surface area (Å²) in [6, 6.07) is 2.47. The van der Waals surface area contributed by atoms with Crippen molar-refractivity contribution in [2.75, 3.05) is 0 Å². The van der Waals surface area contributed by atoms with Gasteiger partial charge >= 0.3 is 0 Å². The summed E-state index contributed by atoms with van der Waals surface area (Å²) >= 11 is 0. The maximum atomic E-state index is 12.2. The van der Waals surface area contributed by atoms with Crippen molar-refractivity contribution in [3.8, 4) is 0 Å². The number of ketones is 1. The molecule has 1 aliphatic rings. The van der Waals surface area contributed by atoms with E-state index >= 15 is 0 Å². The van der Waals surface area contributed by atoms with Crippen molar-refractivity contribution in [2.24, 2.45) is 11.7 Å². The average Bonchev–Trinajstić information content (AvgIpc) is 3.00. The molecular weight excluding hydrogens is 238 g/mol. The van der Waals surface area contributed by atoms with Gasteiger partial charge in [-0.3, -0.25) is 9.48 Å². The predicted molar refractivity (Wildman–Crippen MR) is 75.9 cm³/mol. The number of carbonyl (C=O) groups excluding carboxylic acids is 1. The molecule has 0 radical (unpaired) electrons. The lowest BCUT2D eigenvalue weighted by atomic mass is 9.96. The monoisotopic (exact) mass is 263 g/mol. The summed E-state index contributed by atoms with van der Waals surface area (Å²) in [4.78, 5) is 12.2. The Morgan fingerprint density at radius 1 is 1.47 bits per heavy atom. The Bertz CT molecular complexity index is 423. The number of rotatable bonds is 6. The first-order valence-corrected chi connectivity index (χ1v) is 7.48. The Morgan fingerprint density at radius 2 is 2.21 bits per heavy atom. The normalized spacial score (nSPS) is 23.2. The highest BCUT2D eigenvalue weighted by molar-refractivity contribution is 5.83. The zero-order valence-electron chi connectivity index (χ0n) is 12.0. The maximum absolute atomic E-state index is 12.2. The molecule has 1 heterocycles. The smallest absolute Gasteiger partial charge is 0.143 e. The molecule has 2 unspecified atom stereocenters. The van der Waals surface area contributed by atoms with Crippen molar-refractivity contribution < 1.29 is 4.79 Å². The van der Waals surface area contributed by atoms with E-state index in [0.29, 0.717) is 12.5 Å². The SMILES string of the molecule is CCC(CC)n1ccc(CC(=O)C2CCCC2N)n1. The third-order valence-corrected chi connectivity index (χ3v) is 4.32. The molecule has 19 heavy (non-hydrogen) atoms. The van der Waals surface area contributed by atoms with E-state index in [0.717, 1.165) is 37.8 Å². The lowest BCUT2D eigenvalue weighted by Gasteiger charge is -2.14. The van der Waals surface area contributed by atoms with Crippen LogP contribution < -0.4 is 5.73 Å². The van der Waals surface area contributed by atoms with Crippen LogP contribution in [0.25, 0.3) is 0 Å². The molecule has 0 bridgehead atoms. The summed E-state index contributed by atoms with van der Waals surface area (Å²) in [5.41, 5.74) is 6.87. The summed E-state index contributed by atoms with van der Waals surface area (Å²) in [5, 5.41) is 4.54. The molecule has 0 aromatic carbocycles. The summed E-state index contributed by atoms with van der Waals surface area (Å²) in [5.74, 6) is 0.318. The molecule has 1 fully saturated rings. The van der Waals surface area contributed by atoms with Crippen LogP contribution in [0, 0.1) is 5.92 Å². The van der Waals surface area contributed by atoms with Gasteiger partial charge in [0.25, 0.3) is 0 Å². The number of carbonyl (C=O) groups is 1. The molecule has 4 heteroatoms. The van der Waals surface area contributed by atoms with Crippen molar-refractivity contribution in [3.05, 3.63) is 18.0 Å². The molecule has 0 amide bonds. The van der Waals surface area contributed by atoms with Gasteiger partial charge in [0.1, 0.15) is 5.78 Å². The van der Waals surface area contributed by atoms with Gasteiger partial charge in [-0.05, 0) is 31.7 Å². The zero-order chi connectivity index (χ0) is 13.8. The van der Waals surface area contributed by atoms with Gasteiger partial charge in [0.2, 0.25) is 0 Å². The summed E-state index contributed by atoms with van der Waals surface area (Å²) in [6.45, 7) is 4.33. The van der Waals surface area contributed by atoms with E-state index in [1.165, 1.54) is 0 Å². The van der Waals surface area contributed by atoms with E-state index in [-0.39, 0.29) is 17.7 Å². The summed E-state index contributed by atoms with van der Waals surface area (Å²) < 4.78 is 2.00. The second-order valence-electron chi connectivity index (χ2n) is 5.60. The summed E-state index contributed by atoms with van der Waals surface area (Å²) in [7, 11) is 0. The van der Waals surface area contributed by atoms with Crippen LogP contribution in [0.3, 0.4) is 0 Å². The quantitative estimate of drug-likeness (QED) is 0.857. The third-order valence-electron chi connectivity index (χ3n) is 4.32. The van der Waals surface area contributed by atoms with Gasteiger partial charge in [-0.2, -0.15) is 5.10 Å². The molecule has 2 rings (SSSR count). The lowest BCUT2D eigenvalue weighted by Crippen LogP contribution is -2.31. The first-order chi connectivity index (χ1) is 9.15. The van der Waals surface area contributed by atoms with Crippen LogP contribution in [0.1, 0.15) is 57.7 Å². The molecule has 0 aliphatic heterocycles. The van der Waals surface area contributed by atoms with E-state index in [1.807, 2.05) is 16.9 Å². The second-order valence-corrected chi connectivity index (χ2v) is 5.60. The minimum Gasteiger partial charge on any atom is -0.327 e. The van der Waals surface area contributed by atoms with Gasteiger partial charge in [0, 0.05) is 18.2 Å². The van der Waals surface area contributed by atoms with E-state index in [9.17, 15) is 4.79 Å². The Kier molecular flexibility index (Phi) is 4.75. The zero-order valence-corrected chi connectivity index (χ0v) is 12.0. The van der Waals surface area contributed by atoms with Gasteiger partial charge in [0.05, 0.1) is 18.2 Å². The minimum absolute atomic E-state index is 0.0540. The highest BCUT2D eigenvalue weighted by Gasteiger charge is 2.30. The van der Waals surface area contributed by atoms with Crippen LogP contribution in [0.2, 0.25) is 0 Å². The number of hydrogen-bond acceptors (Lipinski definition) is 3. The number of nitrogens with two attached hydrogens (primary N) is 1. The van der Waals surface area contributed by atoms with Crippen LogP contribution in [-0.2, 0) is 11.2 Å². The molecule has 2 atom stereocenters. The number of nitrogens with zero attached hydrogens (tertiary/aromatic N) is 2. The predicted octanol–water partition coefficient (Wildman–Crippen LogP) is 2.48. The van der Waals surface area contributed by atoms with Gasteiger partial charge in [-0.15, -0.1) is 0 Å². The van der Waals surface area contributed by atoms with Crippen LogP contribution in [0.4, 0.5) is 0 Å². The fraction of sp³-hybridized carbons (Fsp3) is 0.733. The Hall–Kier alpha value is -1.16. The fourth-order valence-electron chi connectivity index (χ4n) is 3.04. The minimum atomic E-state index is 0.0540. The molecule has 1 aromatic heterocycles. The third kappa shape index (κ3) is 3.24. The molecule has 2 N–H and O–H groups in total. The highest BCUT2D eigenvalue weighted by Crippen LogP contribution is 2.26. The number of aromatic nitrogens is 2. The van der Waals surface area contributed by atoms with E-state index in [2.05, 4.69) is 18.9 Å². The van der Waals surface area contributed by atoms with Crippen LogP contribution in [0.15, 0.2) is 12.3 Å². The second kappa shape index (κ2) is 6.33. The highest BCUT2D eigenvalue weighted by atomic mass is 16.1. The van der Waals surface area contributed by atoms with Crippen LogP contribution in [0.5, 0.6) is 0 Å². The number of hydrogen-bond donors (Lipinski definition) is 1. The van der Waals surface area contributed by atoms with Crippen molar-refractivity contribution in [1.82, 2.24) is 9.78 Å². The van der Waals surface area contributed by atoms with Crippen molar-refractivity contribution >= 4 is 5.78 Å². The van der Waals surface area contributed by atoms with Gasteiger partial charge in [-0.1, -0.05) is 20.3 Å². The molecule has 1 aliphatic carbocycles. The fourth-order valence-corrected chi connectivity index (χ4v) is 3.04. The molecule has 0 spiro atoms. The first kappa shape index (κ1) is 14.3. The molecule has 1 saturated carbocycles. The average molecular weight is 263 g/mol. The molecule has 106 valence electrons. The van der Waals surface area contributed by atoms with Crippen molar-refractivity contribution in [2.45, 2.75) is 64.5 Å². The van der Waals surface area contributed by atoms with Crippen molar-refractivity contribution in [1.29, 1.82) is 0 Å². The van der Waals surface area contributed by atoms with Crippen LogP contribution in [-0.4, -0.2) is 21.6 Å². The molecular formula is C15H25N3O. The van der Waals surface area contributed by atoms with Gasteiger partial charge in [0.15, 0.2) is 0 Å². The standard InChI is InChI=1S/C15H25N3O/c1-3-12(4-2)18-9-8-11(17-18)10-15(19)13-6-5-7-14(13)16/h8-9,12-14H,3-7,10,16H2,1-2H3. The maximum Gasteiger partial charge on any atom is 0.143 e. The van der Waals surface area contributed by atoms with Crippen molar-refractivity contribution in [3.63, 3.8) is 0 Å².